The Kier molecular flexibility index (Phi) is 6.61. The van der Waals surface area contributed by atoms with Gasteiger partial charge in [0, 0.05) is 28.0 Å². The molecule has 0 amide bonds. The zero-order valence-electron chi connectivity index (χ0n) is 25.5. The van der Waals surface area contributed by atoms with Crippen LogP contribution >= 0.6 is 0 Å². The van der Waals surface area contributed by atoms with Gasteiger partial charge in [-0.25, -0.2) is 0 Å². The van der Waals surface area contributed by atoms with E-state index in [0.717, 1.165) is 46.7 Å². The minimum Gasteiger partial charge on any atom is -0.497 e. The molecule has 0 radical (unpaired) electrons. The Hall–Kier alpha value is -3.90. The lowest BCUT2D eigenvalue weighted by molar-refractivity contribution is 0.000225. The topological polar surface area (TPSA) is 77.4 Å². The second-order valence-electron chi connectivity index (χ2n) is 13.6. The van der Waals surface area contributed by atoms with Gasteiger partial charge in [0.05, 0.1) is 14.2 Å². The number of nitrogens with zero attached hydrogens (tertiary/aromatic N) is 1. The second-order valence-corrected chi connectivity index (χ2v) is 13.6. The van der Waals surface area contributed by atoms with Gasteiger partial charge in [-0.1, -0.05) is 52.0 Å². The lowest BCUT2D eigenvalue weighted by atomic mass is 9.52. The quantitative estimate of drug-likeness (QED) is 0.186. The van der Waals surface area contributed by atoms with Gasteiger partial charge in [0.25, 0.3) is 0 Å². The number of aliphatic hydroxyl groups is 1. The van der Waals surface area contributed by atoms with Crippen molar-refractivity contribution in [2.75, 3.05) is 14.2 Å². The van der Waals surface area contributed by atoms with Crippen molar-refractivity contribution in [1.82, 2.24) is 0 Å². The van der Waals surface area contributed by atoms with Crippen molar-refractivity contribution in [2.24, 2.45) is 16.0 Å². The molecule has 6 rings (SSSR count). The van der Waals surface area contributed by atoms with Crippen LogP contribution in [0.15, 0.2) is 65.8 Å². The summed E-state index contributed by atoms with van der Waals surface area (Å²) in [5.74, 6) is 1.73. The van der Waals surface area contributed by atoms with Gasteiger partial charge in [-0.15, -0.1) is 4.91 Å². The number of fused-ring (bicyclic) bond motifs is 7. The van der Waals surface area contributed by atoms with E-state index in [2.05, 4.69) is 57.1 Å². The molecule has 2 aliphatic carbocycles. The highest BCUT2D eigenvalue weighted by molar-refractivity contribution is 6.10. The summed E-state index contributed by atoms with van der Waals surface area (Å²) in [7, 11) is 3.21. The van der Waals surface area contributed by atoms with E-state index in [0.29, 0.717) is 28.5 Å². The first-order chi connectivity index (χ1) is 19.9. The predicted octanol–water partition coefficient (Wildman–Crippen LogP) is 9.14. The normalized spacial score (nSPS) is 18.3. The average Bonchev–Trinajstić information content (AvgIpc) is 3.18. The van der Waals surface area contributed by atoms with E-state index in [9.17, 15) is 10.0 Å². The molecule has 0 aliphatic heterocycles. The molecule has 218 valence electrons. The van der Waals surface area contributed by atoms with Crippen LogP contribution < -0.4 is 14.2 Å². The predicted molar refractivity (Wildman–Crippen MR) is 168 cm³/mol. The van der Waals surface area contributed by atoms with E-state index in [1.807, 2.05) is 30.3 Å². The molecule has 1 atom stereocenters. The third kappa shape index (κ3) is 4.44. The van der Waals surface area contributed by atoms with Crippen molar-refractivity contribution in [1.29, 1.82) is 0 Å². The summed E-state index contributed by atoms with van der Waals surface area (Å²) in [6.45, 7) is 11.0. The molecule has 6 nitrogen and oxygen atoms in total. The van der Waals surface area contributed by atoms with E-state index >= 15 is 0 Å². The molecule has 4 aromatic carbocycles. The van der Waals surface area contributed by atoms with Gasteiger partial charge in [0.15, 0.2) is 6.29 Å². The van der Waals surface area contributed by atoms with Gasteiger partial charge < -0.3 is 19.3 Å². The first kappa shape index (κ1) is 28.2. The molecule has 0 aromatic heterocycles. The number of ether oxygens (including phenoxy) is 3. The fourth-order valence-electron chi connectivity index (χ4n) is 8.45. The van der Waals surface area contributed by atoms with Crippen LogP contribution in [0, 0.1) is 15.7 Å². The molecule has 2 aliphatic rings. The summed E-state index contributed by atoms with van der Waals surface area (Å²) in [5.41, 5.74) is 6.57. The number of rotatable bonds is 6. The molecule has 1 fully saturated rings. The van der Waals surface area contributed by atoms with Crippen LogP contribution in [-0.2, 0) is 5.41 Å². The van der Waals surface area contributed by atoms with E-state index < -0.39 is 6.29 Å². The standard InChI is InChI=1S/C36H39NO5/c1-21(38)42-32-16-27-25(15-26(32)23-13-12-22(40-6)14-31(23)41-7)30(37-39)17-29-33(27)24-10-8-9-11-28(24)36(29)19-34(2,3)18-35(4,5)20-36/h8-17,21,38H,18-20H2,1-7H3. The maximum Gasteiger partial charge on any atom is 0.194 e. The zero-order valence-corrected chi connectivity index (χ0v) is 25.5. The van der Waals surface area contributed by atoms with Gasteiger partial charge >= 0.3 is 0 Å². The number of benzene rings is 4. The highest BCUT2D eigenvalue weighted by atomic mass is 16.6. The Labute approximate surface area is 247 Å². The minimum atomic E-state index is -1.05. The smallest absolute Gasteiger partial charge is 0.194 e. The molecule has 4 aromatic rings. The summed E-state index contributed by atoms with van der Waals surface area (Å²) in [6.07, 6.45) is 2.04. The molecular weight excluding hydrogens is 526 g/mol. The number of methoxy groups -OCH3 is 2. The lowest BCUT2D eigenvalue weighted by Gasteiger charge is -2.51. The molecule has 1 N–H and O–H groups in total. The summed E-state index contributed by atoms with van der Waals surface area (Å²) < 4.78 is 17.2. The number of nitroso groups, excluding NO2 is 1. The van der Waals surface area contributed by atoms with Crippen LogP contribution in [0.3, 0.4) is 0 Å². The van der Waals surface area contributed by atoms with Gasteiger partial charge in [-0.2, -0.15) is 0 Å². The molecule has 0 saturated heterocycles. The molecule has 1 saturated carbocycles. The van der Waals surface area contributed by atoms with Gasteiger partial charge in [0.1, 0.15) is 22.9 Å². The van der Waals surface area contributed by atoms with Gasteiger partial charge in [-0.05, 0) is 100 Å². The molecule has 0 heterocycles. The van der Waals surface area contributed by atoms with Crippen molar-refractivity contribution in [3.8, 4) is 39.5 Å². The van der Waals surface area contributed by atoms with Crippen LogP contribution in [0.1, 0.15) is 65.0 Å². The van der Waals surface area contributed by atoms with Crippen LogP contribution in [0.2, 0.25) is 0 Å². The second kappa shape index (κ2) is 9.84. The first-order valence-electron chi connectivity index (χ1n) is 14.6. The van der Waals surface area contributed by atoms with Crippen molar-refractivity contribution < 1.29 is 19.3 Å². The number of aliphatic hydroxyl groups excluding tert-OH is 1. The molecule has 42 heavy (non-hydrogen) atoms. The summed E-state index contributed by atoms with van der Waals surface area (Å²) in [6, 6.07) is 20.2. The van der Waals surface area contributed by atoms with Crippen molar-refractivity contribution >= 4 is 16.5 Å². The monoisotopic (exact) mass is 565 g/mol. The molecule has 1 unspecified atom stereocenters. The number of hydrogen-bond acceptors (Lipinski definition) is 6. The largest absolute Gasteiger partial charge is 0.497 e. The maximum absolute atomic E-state index is 12.6. The molecule has 6 heteroatoms. The van der Waals surface area contributed by atoms with Gasteiger partial charge in [0.2, 0.25) is 0 Å². The lowest BCUT2D eigenvalue weighted by Crippen LogP contribution is -2.43. The average molecular weight is 566 g/mol. The Morgan fingerprint density at radius 1 is 0.762 bits per heavy atom. The van der Waals surface area contributed by atoms with Crippen LogP contribution in [0.25, 0.3) is 33.0 Å². The highest BCUT2D eigenvalue weighted by Gasteiger charge is 2.53. The molecular formula is C36H39NO5. The van der Waals surface area contributed by atoms with Crippen molar-refractivity contribution in [3.05, 3.63) is 76.7 Å². The fourth-order valence-corrected chi connectivity index (χ4v) is 8.45. The maximum atomic E-state index is 12.6. The van der Waals surface area contributed by atoms with Crippen LogP contribution in [0.4, 0.5) is 5.69 Å². The molecule has 0 bridgehead atoms. The van der Waals surface area contributed by atoms with Gasteiger partial charge in [-0.3, -0.25) is 0 Å². The Balaban J connectivity index is 1.70. The fraction of sp³-hybridized carbons (Fsp3) is 0.389. The van der Waals surface area contributed by atoms with E-state index in [1.165, 1.54) is 11.1 Å². The van der Waals surface area contributed by atoms with E-state index in [4.69, 9.17) is 14.2 Å². The van der Waals surface area contributed by atoms with Crippen LogP contribution in [0.5, 0.6) is 17.2 Å². The third-order valence-corrected chi connectivity index (χ3v) is 9.06. The summed E-state index contributed by atoms with van der Waals surface area (Å²) in [5, 5.41) is 15.6. The van der Waals surface area contributed by atoms with Crippen molar-refractivity contribution in [3.63, 3.8) is 0 Å². The number of hydrogen-bond donors (Lipinski definition) is 1. The Morgan fingerprint density at radius 2 is 1.48 bits per heavy atom. The van der Waals surface area contributed by atoms with Crippen molar-refractivity contribution in [2.45, 2.75) is 65.6 Å². The Bertz CT molecular complexity index is 1700. The third-order valence-electron chi connectivity index (χ3n) is 9.06. The highest BCUT2D eigenvalue weighted by Crippen LogP contribution is 2.65. The zero-order chi connectivity index (χ0) is 30.0. The SMILES string of the molecule is COc1ccc(-c2cc3c(N=O)cc4c(c3cc2OC(C)O)-c2ccccc2C42CC(C)(C)CC(C)(C)C2)c(OC)c1. The first-order valence-corrected chi connectivity index (χ1v) is 14.6. The van der Waals surface area contributed by atoms with Crippen LogP contribution in [-0.4, -0.2) is 25.6 Å². The van der Waals surface area contributed by atoms with E-state index in [-0.39, 0.29) is 16.2 Å². The summed E-state index contributed by atoms with van der Waals surface area (Å²) in [4.78, 5) is 12.6. The van der Waals surface area contributed by atoms with E-state index in [1.54, 1.807) is 27.2 Å². The summed E-state index contributed by atoms with van der Waals surface area (Å²) >= 11 is 0. The molecule has 1 spiro atoms. The minimum absolute atomic E-state index is 0.107. The Morgan fingerprint density at radius 3 is 2.12 bits per heavy atom.